The van der Waals surface area contributed by atoms with E-state index in [0.717, 1.165) is 12.8 Å². The Bertz CT molecular complexity index is 645. The molecule has 0 spiro atoms. The standard InChI is InChI=1S/C18H28N4O5/c1-4-5-10-26-18(25)22-8-6-13(7-9-22)20-14-11-19-17(27-12(2)3)21-15(14)16(23)24/h11-13,20H,4-10H2,1-3H3,(H,23,24). The smallest absolute Gasteiger partial charge is 0.409 e. The second kappa shape index (κ2) is 9.94. The van der Waals surface area contributed by atoms with Crippen molar-refractivity contribution in [2.75, 3.05) is 25.0 Å². The van der Waals surface area contributed by atoms with Crippen molar-refractivity contribution < 1.29 is 24.2 Å². The number of piperidine rings is 1. The van der Waals surface area contributed by atoms with E-state index in [-0.39, 0.29) is 29.9 Å². The number of likely N-dealkylation sites (tertiary alicyclic amines) is 1. The van der Waals surface area contributed by atoms with Crippen LogP contribution in [0.15, 0.2) is 6.20 Å². The highest BCUT2D eigenvalue weighted by Crippen LogP contribution is 2.21. The van der Waals surface area contributed by atoms with Crippen molar-refractivity contribution >= 4 is 17.7 Å². The Morgan fingerprint density at radius 3 is 2.67 bits per heavy atom. The van der Waals surface area contributed by atoms with Gasteiger partial charge in [0, 0.05) is 19.1 Å². The lowest BCUT2D eigenvalue weighted by Gasteiger charge is -2.32. The van der Waals surface area contributed by atoms with E-state index in [1.165, 1.54) is 6.20 Å². The van der Waals surface area contributed by atoms with Crippen LogP contribution in [0.4, 0.5) is 10.5 Å². The molecule has 0 radical (unpaired) electrons. The topological polar surface area (TPSA) is 114 Å². The number of rotatable bonds is 8. The van der Waals surface area contributed by atoms with Crippen LogP contribution in [0.3, 0.4) is 0 Å². The van der Waals surface area contributed by atoms with E-state index in [9.17, 15) is 14.7 Å². The first-order valence-corrected chi connectivity index (χ1v) is 9.36. The molecule has 9 nitrogen and oxygen atoms in total. The molecule has 1 aliphatic heterocycles. The first-order chi connectivity index (χ1) is 12.9. The van der Waals surface area contributed by atoms with Gasteiger partial charge in [0.15, 0.2) is 5.69 Å². The summed E-state index contributed by atoms with van der Waals surface area (Å²) in [6.07, 6.45) is 4.21. The third-order valence-electron chi connectivity index (χ3n) is 4.15. The number of ether oxygens (including phenoxy) is 2. The molecule has 0 aliphatic carbocycles. The predicted octanol–water partition coefficient (Wildman–Crippen LogP) is 2.78. The molecule has 2 rings (SSSR count). The molecule has 2 heterocycles. The number of hydrogen-bond donors (Lipinski definition) is 2. The van der Waals surface area contributed by atoms with Crippen molar-refractivity contribution in [2.24, 2.45) is 0 Å². The number of hydrogen-bond acceptors (Lipinski definition) is 7. The molecule has 9 heteroatoms. The number of carbonyl (C=O) groups excluding carboxylic acids is 1. The second-order valence-electron chi connectivity index (χ2n) is 6.76. The monoisotopic (exact) mass is 380 g/mol. The maximum absolute atomic E-state index is 12.0. The minimum absolute atomic E-state index is 0.0308. The van der Waals surface area contributed by atoms with E-state index >= 15 is 0 Å². The maximum Gasteiger partial charge on any atom is 0.409 e. The summed E-state index contributed by atoms with van der Waals surface area (Å²) in [5.41, 5.74) is 0.227. The average Bonchev–Trinajstić information content (AvgIpc) is 2.63. The molecule has 0 aromatic carbocycles. The zero-order chi connectivity index (χ0) is 19.8. The third kappa shape index (κ3) is 6.26. The molecular weight excluding hydrogens is 352 g/mol. The summed E-state index contributed by atoms with van der Waals surface area (Å²) in [5.74, 6) is -1.15. The van der Waals surface area contributed by atoms with Crippen LogP contribution in [0.2, 0.25) is 0 Å². The Morgan fingerprint density at radius 2 is 2.07 bits per heavy atom. The fraction of sp³-hybridized carbons (Fsp3) is 0.667. The lowest BCUT2D eigenvalue weighted by Crippen LogP contribution is -2.42. The van der Waals surface area contributed by atoms with Gasteiger partial charge in [0.25, 0.3) is 0 Å². The van der Waals surface area contributed by atoms with Gasteiger partial charge in [0.2, 0.25) is 0 Å². The summed E-state index contributed by atoms with van der Waals surface area (Å²) in [6, 6.07) is 0.0702. The molecule has 1 aromatic heterocycles. The fourth-order valence-corrected chi connectivity index (χ4v) is 2.72. The van der Waals surface area contributed by atoms with Crippen molar-refractivity contribution in [3.8, 4) is 6.01 Å². The summed E-state index contributed by atoms with van der Waals surface area (Å²) in [4.78, 5) is 33.2. The number of aromatic carboxylic acids is 1. The zero-order valence-corrected chi connectivity index (χ0v) is 16.1. The second-order valence-corrected chi connectivity index (χ2v) is 6.76. The van der Waals surface area contributed by atoms with Gasteiger partial charge in [-0.25, -0.2) is 14.6 Å². The van der Waals surface area contributed by atoms with Crippen LogP contribution >= 0.6 is 0 Å². The van der Waals surface area contributed by atoms with Crippen LogP contribution in [0.5, 0.6) is 6.01 Å². The SMILES string of the molecule is CCCCOC(=O)N1CCC(Nc2cnc(OC(C)C)nc2C(=O)O)CC1. The van der Waals surface area contributed by atoms with Gasteiger partial charge in [0.05, 0.1) is 24.6 Å². The van der Waals surface area contributed by atoms with Crippen LogP contribution in [0.1, 0.15) is 56.9 Å². The van der Waals surface area contributed by atoms with Gasteiger partial charge < -0.3 is 24.8 Å². The molecule has 1 saturated heterocycles. The van der Waals surface area contributed by atoms with Crippen molar-refractivity contribution in [3.63, 3.8) is 0 Å². The Kier molecular flexibility index (Phi) is 7.63. The normalized spacial score (nSPS) is 14.9. The van der Waals surface area contributed by atoms with Gasteiger partial charge in [-0.15, -0.1) is 0 Å². The molecule has 2 N–H and O–H groups in total. The molecule has 0 atom stereocenters. The largest absolute Gasteiger partial charge is 0.476 e. The van der Waals surface area contributed by atoms with Crippen molar-refractivity contribution in [3.05, 3.63) is 11.9 Å². The molecule has 1 aromatic rings. The van der Waals surface area contributed by atoms with Crippen LogP contribution in [-0.4, -0.2) is 63.9 Å². The lowest BCUT2D eigenvalue weighted by molar-refractivity contribution is 0.0689. The zero-order valence-electron chi connectivity index (χ0n) is 16.1. The predicted molar refractivity (Wildman–Crippen MR) is 99.2 cm³/mol. The van der Waals surface area contributed by atoms with Gasteiger partial charge in [-0.3, -0.25) is 0 Å². The maximum atomic E-state index is 12.0. The molecule has 1 aliphatic rings. The average molecular weight is 380 g/mol. The van der Waals surface area contributed by atoms with E-state index < -0.39 is 5.97 Å². The molecule has 27 heavy (non-hydrogen) atoms. The third-order valence-corrected chi connectivity index (χ3v) is 4.15. The number of nitrogens with one attached hydrogen (secondary N) is 1. The van der Waals surface area contributed by atoms with Crippen molar-refractivity contribution in [1.82, 2.24) is 14.9 Å². The summed E-state index contributed by atoms with van der Waals surface area (Å²) in [6.45, 7) is 7.23. The lowest BCUT2D eigenvalue weighted by atomic mass is 10.1. The van der Waals surface area contributed by atoms with Crippen LogP contribution in [-0.2, 0) is 4.74 Å². The van der Waals surface area contributed by atoms with Gasteiger partial charge in [-0.1, -0.05) is 13.3 Å². The molecule has 1 fully saturated rings. The Hall–Kier alpha value is -2.58. The molecule has 0 bridgehead atoms. The van der Waals surface area contributed by atoms with Crippen LogP contribution in [0, 0.1) is 0 Å². The van der Waals surface area contributed by atoms with E-state index in [0.29, 0.717) is 38.2 Å². The van der Waals surface area contributed by atoms with Crippen molar-refractivity contribution in [1.29, 1.82) is 0 Å². The number of aromatic nitrogens is 2. The van der Waals surface area contributed by atoms with Crippen LogP contribution in [0.25, 0.3) is 0 Å². The van der Waals surface area contributed by atoms with Gasteiger partial charge >= 0.3 is 18.1 Å². The van der Waals surface area contributed by atoms with E-state index in [4.69, 9.17) is 9.47 Å². The van der Waals surface area contributed by atoms with Gasteiger partial charge in [-0.05, 0) is 33.1 Å². The van der Waals surface area contributed by atoms with Gasteiger partial charge in [-0.2, -0.15) is 4.98 Å². The van der Waals surface area contributed by atoms with Crippen LogP contribution < -0.4 is 10.1 Å². The first-order valence-electron chi connectivity index (χ1n) is 9.36. The Labute approximate surface area is 159 Å². The quantitative estimate of drug-likeness (QED) is 0.662. The molecule has 0 unspecified atom stereocenters. The number of anilines is 1. The Morgan fingerprint density at radius 1 is 1.37 bits per heavy atom. The molecule has 1 amide bonds. The first kappa shape index (κ1) is 20.7. The summed E-state index contributed by atoms with van der Waals surface area (Å²) in [7, 11) is 0. The highest BCUT2D eigenvalue weighted by atomic mass is 16.6. The number of carboxylic acids is 1. The summed E-state index contributed by atoms with van der Waals surface area (Å²) < 4.78 is 10.6. The summed E-state index contributed by atoms with van der Waals surface area (Å²) in [5, 5.41) is 12.6. The molecular formula is C18H28N4O5. The number of carbonyl (C=O) groups is 2. The highest BCUT2D eigenvalue weighted by molar-refractivity contribution is 5.91. The summed E-state index contributed by atoms with van der Waals surface area (Å²) >= 11 is 0. The van der Waals surface area contributed by atoms with Crippen molar-refractivity contribution in [2.45, 2.75) is 58.6 Å². The number of amides is 1. The molecule has 150 valence electrons. The number of nitrogens with zero attached hydrogens (tertiary/aromatic N) is 3. The van der Waals surface area contributed by atoms with E-state index in [1.54, 1.807) is 4.90 Å². The molecule has 0 saturated carbocycles. The van der Waals surface area contributed by atoms with E-state index in [2.05, 4.69) is 15.3 Å². The van der Waals surface area contributed by atoms with Gasteiger partial charge in [0.1, 0.15) is 0 Å². The highest BCUT2D eigenvalue weighted by Gasteiger charge is 2.25. The van der Waals surface area contributed by atoms with E-state index in [1.807, 2.05) is 20.8 Å². The number of carboxylic acid groups (broad SMARTS) is 1. The fourth-order valence-electron chi connectivity index (χ4n) is 2.72. The minimum Gasteiger partial charge on any atom is -0.476 e. The Balaban J connectivity index is 1.92. The number of unbranched alkanes of at least 4 members (excludes halogenated alkanes) is 1. The minimum atomic E-state index is -1.15.